The van der Waals surface area contributed by atoms with Crippen molar-refractivity contribution in [1.82, 2.24) is 4.90 Å². The fourth-order valence-corrected chi connectivity index (χ4v) is 2.95. The summed E-state index contributed by atoms with van der Waals surface area (Å²) >= 11 is 0. The third-order valence-corrected chi connectivity index (χ3v) is 4.38. The summed E-state index contributed by atoms with van der Waals surface area (Å²) in [6.07, 6.45) is -5.19. The smallest absolute Gasteiger partial charge is 0.354 e. The van der Waals surface area contributed by atoms with Gasteiger partial charge in [-0.25, -0.2) is 0 Å². The minimum Gasteiger partial charge on any atom is -0.354 e. The van der Waals surface area contributed by atoms with Gasteiger partial charge in [-0.2, -0.15) is 13.2 Å². The lowest BCUT2D eigenvalue weighted by Crippen LogP contribution is -2.51. The molecule has 1 aliphatic rings. The molecule has 0 saturated carbocycles. The van der Waals surface area contributed by atoms with Crippen LogP contribution < -0.4 is 5.73 Å². The molecular weight excluding hydrogens is 337 g/mol. The van der Waals surface area contributed by atoms with Crippen molar-refractivity contribution >= 4 is 5.91 Å². The van der Waals surface area contributed by atoms with Crippen LogP contribution in [0.3, 0.4) is 0 Å². The van der Waals surface area contributed by atoms with E-state index >= 15 is 0 Å². The van der Waals surface area contributed by atoms with Gasteiger partial charge in [-0.1, -0.05) is 30.3 Å². The summed E-state index contributed by atoms with van der Waals surface area (Å²) in [7, 11) is 1.43. The summed E-state index contributed by atoms with van der Waals surface area (Å²) in [5, 5.41) is 0. The molecule has 0 aliphatic carbocycles. The normalized spacial score (nSPS) is 25.4. The van der Waals surface area contributed by atoms with Crippen LogP contribution in [0.15, 0.2) is 30.3 Å². The number of rotatable bonds is 5. The Morgan fingerprint density at radius 3 is 2.56 bits per heavy atom. The summed E-state index contributed by atoms with van der Waals surface area (Å²) < 4.78 is 49.9. The third-order valence-electron chi connectivity index (χ3n) is 4.38. The zero-order chi connectivity index (χ0) is 18.6. The lowest BCUT2D eigenvalue weighted by Gasteiger charge is -2.38. The van der Waals surface area contributed by atoms with E-state index < -0.39 is 30.5 Å². The van der Waals surface area contributed by atoms with Crippen LogP contribution in [0.2, 0.25) is 0 Å². The molecule has 5 nitrogen and oxygen atoms in total. The number of nitrogens with zero attached hydrogens (tertiary/aromatic N) is 1. The number of benzene rings is 1. The first-order chi connectivity index (χ1) is 11.7. The molecule has 1 fully saturated rings. The molecule has 0 unspecified atom stereocenters. The average molecular weight is 360 g/mol. The topological polar surface area (TPSA) is 64.8 Å². The molecule has 140 valence electrons. The second kappa shape index (κ2) is 8.16. The lowest BCUT2D eigenvalue weighted by molar-refractivity contribution is -0.206. The van der Waals surface area contributed by atoms with Gasteiger partial charge < -0.3 is 20.1 Å². The fourth-order valence-electron chi connectivity index (χ4n) is 2.95. The Morgan fingerprint density at radius 1 is 1.36 bits per heavy atom. The number of amides is 1. The van der Waals surface area contributed by atoms with Crippen LogP contribution in [0.5, 0.6) is 0 Å². The Hall–Kier alpha value is -1.64. The van der Waals surface area contributed by atoms with E-state index in [0.29, 0.717) is 18.4 Å². The summed E-state index contributed by atoms with van der Waals surface area (Å²) in [5.41, 5.74) is 6.47. The van der Waals surface area contributed by atoms with Crippen LogP contribution >= 0.6 is 0 Å². The minimum absolute atomic E-state index is 0.180. The van der Waals surface area contributed by atoms with Crippen LogP contribution in [0.25, 0.3) is 0 Å². The van der Waals surface area contributed by atoms with Gasteiger partial charge in [0, 0.05) is 13.7 Å². The van der Waals surface area contributed by atoms with Gasteiger partial charge in [-0.05, 0) is 25.3 Å². The monoisotopic (exact) mass is 360 g/mol. The Kier molecular flexibility index (Phi) is 6.42. The fraction of sp³-hybridized carbons (Fsp3) is 0.588. The third kappa shape index (κ3) is 4.93. The van der Waals surface area contributed by atoms with Gasteiger partial charge in [0.1, 0.15) is 0 Å². The average Bonchev–Trinajstić information content (AvgIpc) is 2.59. The molecule has 0 spiro atoms. The van der Waals surface area contributed by atoms with Crippen LogP contribution in [0.4, 0.5) is 13.2 Å². The van der Waals surface area contributed by atoms with Crippen LogP contribution in [0, 0.1) is 0 Å². The second-order valence-electron chi connectivity index (χ2n) is 6.15. The number of halogens is 3. The van der Waals surface area contributed by atoms with Crippen molar-refractivity contribution in [3.05, 3.63) is 35.9 Å². The molecule has 2 N–H and O–H groups in total. The first-order valence-electron chi connectivity index (χ1n) is 8.10. The maximum atomic E-state index is 13.1. The van der Waals surface area contributed by atoms with E-state index in [1.165, 1.54) is 7.11 Å². The van der Waals surface area contributed by atoms with Crippen LogP contribution in [-0.2, 0) is 14.3 Å². The van der Waals surface area contributed by atoms with E-state index in [2.05, 4.69) is 0 Å². The summed E-state index contributed by atoms with van der Waals surface area (Å²) in [4.78, 5) is 12.8. The zero-order valence-electron chi connectivity index (χ0n) is 14.2. The molecule has 1 aromatic carbocycles. The largest absolute Gasteiger partial charge is 0.471 e. The van der Waals surface area contributed by atoms with Gasteiger partial charge >= 0.3 is 12.1 Å². The van der Waals surface area contributed by atoms with Gasteiger partial charge in [0.15, 0.2) is 6.29 Å². The lowest BCUT2D eigenvalue weighted by atomic mass is 10.0. The molecule has 1 amide bonds. The van der Waals surface area contributed by atoms with Gasteiger partial charge in [-0.3, -0.25) is 4.79 Å². The Bertz CT molecular complexity index is 568. The first-order valence-corrected chi connectivity index (χ1v) is 8.10. The van der Waals surface area contributed by atoms with E-state index in [0.717, 1.165) is 4.90 Å². The van der Waals surface area contributed by atoms with Crippen LogP contribution in [0.1, 0.15) is 31.4 Å². The van der Waals surface area contributed by atoms with E-state index in [1.807, 2.05) is 0 Å². The van der Waals surface area contributed by atoms with Gasteiger partial charge in [0.25, 0.3) is 0 Å². The number of hydrogen-bond donors (Lipinski definition) is 1. The van der Waals surface area contributed by atoms with Gasteiger partial charge in [0.05, 0.1) is 18.2 Å². The molecular formula is C17H23F3N2O3. The van der Waals surface area contributed by atoms with E-state index in [1.54, 1.807) is 37.3 Å². The van der Waals surface area contributed by atoms with Gasteiger partial charge in [0.2, 0.25) is 0 Å². The Labute approximate surface area is 144 Å². The van der Waals surface area contributed by atoms with E-state index in [-0.39, 0.29) is 12.6 Å². The van der Waals surface area contributed by atoms with Crippen molar-refractivity contribution < 1.29 is 27.4 Å². The van der Waals surface area contributed by atoms with E-state index in [4.69, 9.17) is 15.2 Å². The molecule has 2 rings (SSSR count). The number of ether oxygens (including phenoxy) is 2. The second-order valence-corrected chi connectivity index (χ2v) is 6.15. The highest BCUT2D eigenvalue weighted by Gasteiger charge is 2.45. The molecule has 0 bridgehead atoms. The molecule has 1 aliphatic heterocycles. The minimum atomic E-state index is -4.95. The number of alkyl halides is 3. The summed E-state index contributed by atoms with van der Waals surface area (Å²) in [6, 6.07) is 7.52. The summed E-state index contributed by atoms with van der Waals surface area (Å²) in [5.74, 6) is -1.88. The number of methoxy groups -OCH3 is 1. The molecule has 1 saturated heterocycles. The Balaban J connectivity index is 2.19. The number of carbonyl (C=O) groups excluding carboxylic acids is 1. The van der Waals surface area contributed by atoms with Crippen molar-refractivity contribution in [1.29, 1.82) is 0 Å². The molecule has 1 heterocycles. The van der Waals surface area contributed by atoms with Crippen molar-refractivity contribution in [2.45, 2.75) is 50.4 Å². The highest BCUT2D eigenvalue weighted by atomic mass is 19.4. The van der Waals surface area contributed by atoms with Gasteiger partial charge in [-0.15, -0.1) is 0 Å². The molecule has 4 atom stereocenters. The number of carbonyl (C=O) groups is 1. The van der Waals surface area contributed by atoms with Crippen molar-refractivity contribution in [2.24, 2.45) is 5.73 Å². The van der Waals surface area contributed by atoms with Crippen LogP contribution in [-0.4, -0.2) is 49.1 Å². The molecule has 1 aromatic rings. The molecule has 0 radical (unpaired) electrons. The van der Waals surface area contributed by atoms with Crippen molar-refractivity contribution in [3.8, 4) is 0 Å². The summed E-state index contributed by atoms with van der Waals surface area (Å²) in [6.45, 7) is 1.39. The van der Waals surface area contributed by atoms with E-state index in [9.17, 15) is 18.0 Å². The molecule has 0 aromatic heterocycles. The maximum absolute atomic E-state index is 13.1. The highest BCUT2D eigenvalue weighted by molar-refractivity contribution is 5.82. The predicted molar refractivity (Wildman–Crippen MR) is 85.5 cm³/mol. The highest BCUT2D eigenvalue weighted by Crippen LogP contribution is 2.29. The van der Waals surface area contributed by atoms with Crippen molar-refractivity contribution in [2.75, 3.05) is 13.7 Å². The predicted octanol–water partition coefficient (Wildman–Crippen LogP) is 2.62. The Morgan fingerprint density at radius 2 is 2.00 bits per heavy atom. The quantitative estimate of drug-likeness (QED) is 0.877. The zero-order valence-corrected chi connectivity index (χ0v) is 14.2. The number of hydrogen-bond acceptors (Lipinski definition) is 4. The number of nitrogens with two attached hydrogens (primary N) is 1. The first kappa shape index (κ1) is 19.7. The maximum Gasteiger partial charge on any atom is 0.471 e. The standard InChI is InChI=1S/C17H23F3N2O3/c1-11(12-6-4-3-5-7-12)22(16(23)17(18,19)20)10-13-8-9-14(21)15(24-2)25-13/h3-7,11,13-15H,8-10,21H2,1-2H3/t11-,13+,14-,15+/m0/s1. The molecule has 8 heteroatoms. The molecule has 25 heavy (non-hydrogen) atoms. The SMILES string of the molecule is CO[C@@H]1O[C@@H](CN(C(=O)C(F)(F)F)[C@@H](C)c2ccccc2)CC[C@@H]1N. The van der Waals surface area contributed by atoms with Crippen molar-refractivity contribution in [3.63, 3.8) is 0 Å².